The minimum Gasteiger partial charge on any atom is -0.465 e. The second kappa shape index (κ2) is 7.58. The molecule has 1 rings (SSSR count). The van der Waals surface area contributed by atoms with Crippen molar-refractivity contribution in [3.05, 3.63) is 12.7 Å². The Balaban J connectivity index is 2.76. The van der Waals surface area contributed by atoms with Gasteiger partial charge in [0.25, 0.3) is 0 Å². The molecular formula is C18H35NO4Si. The third-order valence-electron chi connectivity index (χ3n) is 5.37. The fourth-order valence-corrected chi connectivity index (χ4v) is 3.92. The summed E-state index contributed by atoms with van der Waals surface area (Å²) in [5, 5.41) is 9.69. The van der Waals surface area contributed by atoms with Crippen LogP contribution in [0.25, 0.3) is 0 Å². The fourth-order valence-electron chi connectivity index (χ4n) is 2.84. The van der Waals surface area contributed by atoms with E-state index in [1.165, 1.54) is 4.90 Å². The molecule has 1 saturated heterocycles. The molecule has 0 aromatic heterocycles. The largest absolute Gasteiger partial charge is 0.465 e. The summed E-state index contributed by atoms with van der Waals surface area (Å²) in [5.74, 6) is 0.251. The average Bonchev–Trinajstić information content (AvgIpc) is 2.70. The predicted octanol–water partition coefficient (Wildman–Crippen LogP) is 4.71. The topological polar surface area (TPSA) is 59.0 Å². The molecular weight excluding hydrogens is 322 g/mol. The monoisotopic (exact) mass is 357 g/mol. The van der Waals surface area contributed by atoms with Crippen molar-refractivity contribution in [3.8, 4) is 0 Å². The molecule has 1 amide bonds. The van der Waals surface area contributed by atoms with Crippen LogP contribution in [0.5, 0.6) is 0 Å². The Kier molecular flexibility index (Phi) is 6.69. The number of carboxylic acid groups (broad SMARTS) is 1. The molecule has 0 aromatic carbocycles. The van der Waals surface area contributed by atoms with Crippen LogP contribution in [0.4, 0.5) is 4.79 Å². The summed E-state index contributed by atoms with van der Waals surface area (Å²) >= 11 is 0. The van der Waals surface area contributed by atoms with E-state index in [-0.39, 0.29) is 17.0 Å². The molecule has 24 heavy (non-hydrogen) atoms. The maximum atomic E-state index is 11.6. The number of carbonyl (C=O) groups is 1. The van der Waals surface area contributed by atoms with Crippen LogP contribution in [0.15, 0.2) is 12.7 Å². The summed E-state index contributed by atoms with van der Waals surface area (Å²) in [6.07, 6.45) is 2.52. The van der Waals surface area contributed by atoms with Gasteiger partial charge in [-0.05, 0) is 50.7 Å². The lowest BCUT2D eigenvalue weighted by Crippen LogP contribution is -2.48. The Labute approximate surface area is 148 Å². The lowest BCUT2D eigenvalue weighted by Gasteiger charge is -2.38. The third-order valence-corrected chi connectivity index (χ3v) is 9.87. The van der Waals surface area contributed by atoms with Crippen molar-refractivity contribution in [1.82, 2.24) is 4.90 Å². The van der Waals surface area contributed by atoms with Crippen LogP contribution in [0.2, 0.25) is 18.1 Å². The summed E-state index contributed by atoms with van der Waals surface area (Å²) in [4.78, 5) is 13.1. The van der Waals surface area contributed by atoms with Crippen LogP contribution in [0.1, 0.15) is 47.5 Å². The van der Waals surface area contributed by atoms with Gasteiger partial charge in [-0.3, -0.25) is 4.90 Å². The molecule has 1 aliphatic heterocycles. The molecule has 1 N–H and O–H groups in total. The van der Waals surface area contributed by atoms with Gasteiger partial charge in [-0.1, -0.05) is 26.8 Å². The Morgan fingerprint density at radius 3 is 2.54 bits per heavy atom. The van der Waals surface area contributed by atoms with Crippen LogP contribution >= 0.6 is 0 Å². The van der Waals surface area contributed by atoms with Gasteiger partial charge < -0.3 is 14.3 Å². The van der Waals surface area contributed by atoms with Gasteiger partial charge in [-0.2, -0.15) is 0 Å². The van der Waals surface area contributed by atoms with Crippen molar-refractivity contribution in [2.24, 2.45) is 5.92 Å². The van der Waals surface area contributed by atoms with E-state index in [4.69, 9.17) is 9.16 Å². The molecule has 0 radical (unpaired) electrons. The Morgan fingerprint density at radius 2 is 2.08 bits per heavy atom. The SMILES string of the molecule is C=CC[C@H](CO[Si](C)(C)C(C)(C)C)CC1COC(C)(C)N1C(=O)O. The van der Waals surface area contributed by atoms with Crippen LogP contribution in [-0.2, 0) is 9.16 Å². The average molecular weight is 358 g/mol. The van der Waals surface area contributed by atoms with E-state index in [0.29, 0.717) is 13.2 Å². The zero-order chi connectivity index (χ0) is 18.8. The molecule has 1 fully saturated rings. The molecule has 6 heteroatoms. The van der Waals surface area contributed by atoms with Crippen LogP contribution in [-0.4, -0.2) is 49.4 Å². The van der Waals surface area contributed by atoms with E-state index in [2.05, 4.69) is 40.4 Å². The Bertz CT molecular complexity index is 456. The number of hydrogen-bond acceptors (Lipinski definition) is 3. The molecule has 0 aliphatic carbocycles. The molecule has 0 spiro atoms. The van der Waals surface area contributed by atoms with Gasteiger partial charge in [0, 0.05) is 6.61 Å². The molecule has 5 nitrogen and oxygen atoms in total. The van der Waals surface area contributed by atoms with Crippen LogP contribution in [0.3, 0.4) is 0 Å². The highest BCUT2D eigenvalue weighted by molar-refractivity contribution is 6.74. The molecule has 1 unspecified atom stereocenters. The van der Waals surface area contributed by atoms with E-state index in [1.54, 1.807) is 13.8 Å². The second-order valence-corrected chi connectivity index (χ2v) is 13.6. The maximum absolute atomic E-state index is 11.6. The Morgan fingerprint density at radius 1 is 1.50 bits per heavy atom. The zero-order valence-corrected chi connectivity index (χ0v) is 17.4. The summed E-state index contributed by atoms with van der Waals surface area (Å²) in [7, 11) is -1.82. The van der Waals surface area contributed by atoms with E-state index in [9.17, 15) is 9.90 Å². The van der Waals surface area contributed by atoms with Crippen LogP contribution < -0.4 is 0 Å². The van der Waals surface area contributed by atoms with Gasteiger partial charge in [0.15, 0.2) is 8.32 Å². The first kappa shape index (κ1) is 21.2. The number of rotatable bonds is 7. The second-order valence-electron chi connectivity index (χ2n) is 8.76. The molecule has 1 heterocycles. The molecule has 140 valence electrons. The highest BCUT2D eigenvalue weighted by Crippen LogP contribution is 2.37. The van der Waals surface area contributed by atoms with Gasteiger partial charge in [-0.25, -0.2) is 4.79 Å². The van der Waals surface area contributed by atoms with Crippen molar-refractivity contribution in [1.29, 1.82) is 0 Å². The number of nitrogens with zero attached hydrogens (tertiary/aromatic N) is 1. The van der Waals surface area contributed by atoms with Crippen LogP contribution in [0, 0.1) is 5.92 Å². The molecule has 0 saturated carbocycles. The highest BCUT2D eigenvalue weighted by atomic mass is 28.4. The molecule has 0 aromatic rings. The van der Waals surface area contributed by atoms with Crippen molar-refractivity contribution >= 4 is 14.4 Å². The van der Waals surface area contributed by atoms with E-state index in [0.717, 1.165) is 12.8 Å². The highest BCUT2D eigenvalue weighted by Gasteiger charge is 2.45. The first-order valence-corrected chi connectivity index (χ1v) is 11.6. The summed E-state index contributed by atoms with van der Waals surface area (Å²) in [5.41, 5.74) is -0.768. The molecule has 1 aliphatic rings. The van der Waals surface area contributed by atoms with Crippen molar-refractivity contribution < 1.29 is 19.1 Å². The van der Waals surface area contributed by atoms with Gasteiger partial charge in [-0.15, -0.1) is 6.58 Å². The lowest BCUT2D eigenvalue weighted by atomic mass is 9.97. The summed E-state index contributed by atoms with van der Waals surface area (Å²) < 4.78 is 12.0. The fraction of sp³-hybridized carbons (Fsp3) is 0.833. The van der Waals surface area contributed by atoms with E-state index >= 15 is 0 Å². The first-order valence-electron chi connectivity index (χ1n) is 8.73. The summed E-state index contributed by atoms with van der Waals surface area (Å²) in [6, 6.07) is -0.134. The zero-order valence-electron chi connectivity index (χ0n) is 16.4. The van der Waals surface area contributed by atoms with E-state index < -0.39 is 20.1 Å². The summed E-state index contributed by atoms with van der Waals surface area (Å²) in [6.45, 7) is 19.7. The van der Waals surface area contributed by atoms with Crippen molar-refractivity contribution in [2.75, 3.05) is 13.2 Å². The van der Waals surface area contributed by atoms with E-state index in [1.807, 2.05) is 6.08 Å². The Hall–Kier alpha value is -0.853. The quantitative estimate of drug-likeness (QED) is 0.530. The van der Waals surface area contributed by atoms with Gasteiger partial charge in [0.1, 0.15) is 5.72 Å². The lowest BCUT2D eigenvalue weighted by molar-refractivity contribution is -0.0426. The maximum Gasteiger partial charge on any atom is 0.409 e. The first-order chi connectivity index (χ1) is 10.8. The number of ether oxygens (including phenoxy) is 1. The predicted molar refractivity (Wildman–Crippen MR) is 99.8 cm³/mol. The van der Waals surface area contributed by atoms with Gasteiger partial charge in [0.2, 0.25) is 0 Å². The minimum atomic E-state index is -1.82. The van der Waals surface area contributed by atoms with Crippen molar-refractivity contribution in [2.45, 2.75) is 77.4 Å². The van der Waals surface area contributed by atoms with Gasteiger partial charge in [0.05, 0.1) is 12.6 Å². The van der Waals surface area contributed by atoms with Gasteiger partial charge >= 0.3 is 6.09 Å². The third kappa shape index (κ3) is 5.07. The number of allylic oxidation sites excluding steroid dienone is 1. The molecule has 2 atom stereocenters. The standard InChI is InChI=1S/C18H35NO4Si/c1-9-10-14(12-23-24(7,8)17(2,3)4)11-15-13-22-18(5,6)19(15)16(20)21/h9,14-15H,1,10-13H2,2-8H3,(H,20,21)/t14-,15?/m0/s1. The number of hydrogen-bond donors (Lipinski definition) is 1. The normalized spacial score (nSPS) is 22.5. The smallest absolute Gasteiger partial charge is 0.409 e. The molecule has 0 bridgehead atoms. The number of amides is 1. The van der Waals surface area contributed by atoms with Crippen molar-refractivity contribution in [3.63, 3.8) is 0 Å². The minimum absolute atomic E-state index is 0.134.